The van der Waals surface area contributed by atoms with Crippen molar-refractivity contribution < 1.29 is 9.59 Å². The van der Waals surface area contributed by atoms with Crippen molar-refractivity contribution in [1.82, 2.24) is 5.32 Å². The molecule has 0 aliphatic heterocycles. The molecule has 0 aromatic heterocycles. The highest BCUT2D eigenvalue weighted by atomic mass is 16.2. The summed E-state index contributed by atoms with van der Waals surface area (Å²) in [6, 6.07) is 6.35. The van der Waals surface area contributed by atoms with Crippen LogP contribution in [-0.2, 0) is 4.79 Å². The van der Waals surface area contributed by atoms with Crippen molar-refractivity contribution in [2.75, 3.05) is 5.32 Å². The molecule has 0 radical (unpaired) electrons. The third-order valence-electron chi connectivity index (χ3n) is 2.77. The molecule has 1 aromatic rings. The summed E-state index contributed by atoms with van der Waals surface area (Å²) in [6.07, 6.45) is 1.52. The zero-order valence-corrected chi connectivity index (χ0v) is 12.3. The molecule has 20 heavy (non-hydrogen) atoms. The summed E-state index contributed by atoms with van der Waals surface area (Å²) in [7, 11) is 0. The van der Waals surface area contributed by atoms with Crippen molar-refractivity contribution in [2.45, 2.75) is 45.7 Å². The van der Waals surface area contributed by atoms with Crippen LogP contribution in [0.1, 0.15) is 44.0 Å². The molecule has 1 aromatic carbocycles. The molecule has 2 amide bonds. The average Bonchev–Trinajstić information content (AvgIpc) is 2.39. The number of hydrogen-bond acceptors (Lipinski definition) is 3. The van der Waals surface area contributed by atoms with Gasteiger partial charge >= 0.3 is 0 Å². The van der Waals surface area contributed by atoms with Gasteiger partial charge in [-0.25, -0.2) is 0 Å². The molecule has 5 nitrogen and oxygen atoms in total. The zero-order valence-electron chi connectivity index (χ0n) is 12.3. The second-order valence-electron chi connectivity index (χ2n) is 5.09. The second kappa shape index (κ2) is 7.65. The Morgan fingerprint density at radius 1 is 1.20 bits per heavy atom. The number of carbonyl (C=O) groups excluding carboxylic acids is 2. The highest BCUT2D eigenvalue weighted by Crippen LogP contribution is 2.10. The lowest BCUT2D eigenvalue weighted by Gasteiger charge is -2.12. The standard InChI is InChI=1S/C15H23N3O2/c1-4-5-13(16)15(20)18-12-8-6-11(7-9-12)14(19)17-10(2)3/h6-10,13H,4-5,16H2,1-3H3,(H,17,19)(H,18,20). The first-order valence-corrected chi connectivity index (χ1v) is 6.91. The van der Waals surface area contributed by atoms with Crippen LogP contribution in [0.4, 0.5) is 5.69 Å². The van der Waals surface area contributed by atoms with Crippen molar-refractivity contribution in [3.63, 3.8) is 0 Å². The van der Waals surface area contributed by atoms with E-state index in [1.165, 1.54) is 0 Å². The van der Waals surface area contributed by atoms with Crippen LogP contribution < -0.4 is 16.4 Å². The van der Waals surface area contributed by atoms with Gasteiger partial charge < -0.3 is 16.4 Å². The van der Waals surface area contributed by atoms with Crippen LogP contribution in [-0.4, -0.2) is 23.9 Å². The molecule has 5 heteroatoms. The van der Waals surface area contributed by atoms with Gasteiger partial charge in [0.05, 0.1) is 6.04 Å². The molecule has 4 N–H and O–H groups in total. The van der Waals surface area contributed by atoms with Gasteiger partial charge in [0, 0.05) is 17.3 Å². The van der Waals surface area contributed by atoms with Gasteiger partial charge in [0.1, 0.15) is 0 Å². The monoisotopic (exact) mass is 277 g/mol. The minimum Gasteiger partial charge on any atom is -0.350 e. The molecule has 0 spiro atoms. The summed E-state index contributed by atoms with van der Waals surface area (Å²) in [5, 5.41) is 5.55. The van der Waals surface area contributed by atoms with Crippen molar-refractivity contribution in [1.29, 1.82) is 0 Å². The molecule has 0 heterocycles. The number of benzene rings is 1. The van der Waals surface area contributed by atoms with Crippen molar-refractivity contribution in [3.8, 4) is 0 Å². The summed E-state index contributed by atoms with van der Waals surface area (Å²) in [6.45, 7) is 5.79. The van der Waals surface area contributed by atoms with Crippen LogP contribution in [0.25, 0.3) is 0 Å². The lowest BCUT2D eigenvalue weighted by atomic mass is 10.1. The fourth-order valence-corrected chi connectivity index (χ4v) is 1.73. The van der Waals surface area contributed by atoms with Gasteiger partial charge in [0.25, 0.3) is 5.91 Å². The third-order valence-corrected chi connectivity index (χ3v) is 2.77. The van der Waals surface area contributed by atoms with Gasteiger partial charge in [0.15, 0.2) is 0 Å². The fraction of sp³-hybridized carbons (Fsp3) is 0.467. The number of carbonyl (C=O) groups is 2. The molecule has 1 atom stereocenters. The summed E-state index contributed by atoms with van der Waals surface area (Å²) >= 11 is 0. The Balaban J connectivity index is 2.63. The second-order valence-corrected chi connectivity index (χ2v) is 5.09. The van der Waals surface area contributed by atoms with Crippen LogP contribution in [0.5, 0.6) is 0 Å². The Kier molecular flexibility index (Phi) is 6.18. The maximum atomic E-state index is 11.8. The SMILES string of the molecule is CCCC(N)C(=O)Nc1ccc(C(=O)NC(C)C)cc1. The van der Waals surface area contributed by atoms with Crippen LogP contribution >= 0.6 is 0 Å². The van der Waals surface area contributed by atoms with E-state index in [-0.39, 0.29) is 17.9 Å². The molecule has 1 rings (SSSR count). The Labute approximate surface area is 119 Å². The van der Waals surface area contributed by atoms with E-state index in [0.717, 1.165) is 6.42 Å². The van der Waals surface area contributed by atoms with E-state index < -0.39 is 6.04 Å². The van der Waals surface area contributed by atoms with E-state index in [2.05, 4.69) is 10.6 Å². The third kappa shape index (κ3) is 5.01. The Hall–Kier alpha value is -1.88. The summed E-state index contributed by atoms with van der Waals surface area (Å²) in [5.74, 6) is -0.327. The van der Waals surface area contributed by atoms with Gasteiger partial charge in [-0.3, -0.25) is 9.59 Å². The number of amides is 2. The average molecular weight is 277 g/mol. The number of hydrogen-bond donors (Lipinski definition) is 3. The van der Waals surface area contributed by atoms with Gasteiger partial charge in [0.2, 0.25) is 5.91 Å². The maximum Gasteiger partial charge on any atom is 0.251 e. The minimum atomic E-state index is -0.496. The van der Waals surface area contributed by atoms with E-state index >= 15 is 0 Å². The number of anilines is 1. The van der Waals surface area contributed by atoms with Crippen molar-refractivity contribution in [3.05, 3.63) is 29.8 Å². The fourth-order valence-electron chi connectivity index (χ4n) is 1.73. The smallest absolute Gasteiger partial charge is 0.251 e. The molecular weight excluding hydrogens is 254 g/mol. The van der Waals surface area contributed by atoms with E-state index in [1.807, 2.05) is 20.8 Å². The zero-order chi connectivity index (χ0) is 15.1. The first-order valence-electron chi connectivity index (χ1n) is 6.91. The van der Waals surface area contributed by atoms with Crippen LogP contribution in [0, 0.1) is 0 Å². The number of nitrogens with two attached hydrogens (primary N) is 1. The maximum absolute atomic E-state index is 11.8. The Morgan fingerprint density at radius 3 is 2.30 bits per heavy atom. The molecular formula is C15H23N3O2. The van der Waals surface area contributed by atoms with Crippen LogP contribution in [0.3, 0.4) is 0 Å². The number of nitrogens with one attached hydrogen (secondary N) is 2. The normalized spacial score (nSPS) is 12.1. The van der Waals surface area contributed by atoms with Gasteiger partial charge in [-0.05, 0) is 44.5 Å². The lowest BCUT2D eigenvalue weighted by molar-refractivity contribution is -0.117. The first kappa shape index (κ1) is 16.2. The molecule has 110 valence electrons. The largest absolute Gasteiger partial charge is 0.350 e. The van der Waals surface area contributed by atoms with Gasteiger partial charge in [-0.2, -0.15) is 0 Å². The van der Waals surface area contributed by atoms with Crippen molar-refractivity contribution >= 4 is 17.5 Å². The number of rotatable bonds is 6. The molecule has 0 aliphatic carbocycles. The van der Waals surface area contributed by atoms with E-state index in [0.29, 0.717) is 17.7 Å². The highest BCUT2D eigenvalue weighted by molar-refractivity contribution is 5.97. The Morgan fingerprint density at radius 2 is 1.80 bits per heavy atom. The Bertz CT molecular complexity index is 455. The molecule has 1 unspecified atom stereocenters. The quantitative estimate of drug-likeness (QED) is 0.742. The molecule has 0 saturated heterocycles. The summed E-state index contributed by atoms with van der Waals surface area (Å²) in [5.41, 5.74) is 6.94. The van der Waals surface area contributed by atoms with Crippen molar-refractivity contribution in [2.24, 2.45) is 5.73 Å². The predicted molar refractivity (Wildman–Crippen MR) is 80.6 cm³/mol. The van der Waals surface area contributed by atoms with Crippen LogP contribution in [0.2, 0.25) is 0 Å². The molecule has 0 saturated carbocycles. The topological polar surface area (TPSA) is 84.2 Å². The van der Waals surface area contributed by atoms with Crippen LogP contribution in [0.15, 0.2) is 24.3 Å². The van der Waals surface area contributed by atoms with Gasteiger partial charge in [-0.1, -0.05) is 13.3 Å². The highest BCUT2D eigenvalue weighted by Gasteiger charge is 2.12. The summed E-state index contributed by atoms with van der Waals surface area (Å²) in [4.78, 5) is 23.5. The first-order chi connectivity index (χ1) is 9.43. The molecule has 0 bridgehead atoms. The van der Waals surface area contributed by atoms with E-state index in [1.54, 1.807) is 24.3 Å². The lowest BCUT2D eigenvalue weighted by Crippen LogP contribution is -2.35. The predicted octanol–water partition coefficient (Wildman–Crippen LogP) is 1.89. The molecule has 0 aliphatic rings. The summed E-state index contributed by atoms with van der Waals surface area (Å²) < 4.78 is 0. The van der Waals surface area contributed by atoms with E-state index in [9.17, 15) is 9.59 Å². The van der Waals surface area contributed by atoms with Gasteiger partial charge in [-0.15, -0.1) is 0 Å². The van der Waals surface area contributed by atoms with E-state index in [4.69, 9.17) is 5.73 Å². The minimum absolute atomic E-state index is 0.0916. The molecule has 0 fully saturated rings.